The molecule has 0 spiro atoms. The van der Waals surface area contributed by atoms with Crippen molar-refractivity contribution in [1.29, 1.82) is 0 Å². The van der Waals surface area contributed by atoms with Crippen LogP contribution in [0, 0.1) is 0 Å². The molecule has 0 aromatic heterocycles. The summed E-state index contributed by atoms with van der Waals surface area (Å²) in [4.78, 5) is 2.18. The summed E-state index contributed by atoms with van der Waals surface area (Å²) in [6.07, 6.45) is 47.1. The number of unbranched alkanes of at least 4 members (excludes halogenated alkanes) is 24. The van der Waals surface area contributed by atoms with Gasteiger partial charge in [0.2, 0.25) is 0 Å². The summed E-state index contributed by atoms with van der Waals surface area (Å²) in [5.74, 6) is 0. The molecule has 256 valence electrons. The lowest BCUT2D eigenvalue weighted by molar-refractivity contribution is -0.150. The fraction of sp³-hybridized carbons (Fsp3) is 0.900. The van der Waals surface area contributed by atoms with Gasteiger partial charge in [0.25, 0.3) is 0 Å². The number of nitrogens with zero attached hydrogens (tertiary/aromatic N) is 1. The standard InChI is InChI=1S/C40H79NO2/c1-5-7-9-11-13-15-17-19-21-23-25-27-29-31-33-35-37-42-40(39-41(3)4)43-38-36-34-32-30-28-26-24-22-20-18-16-14-12-10-8-6-2/h19-22,40H,5-18,23-39H2,1-4H3. The van der Waals surface area contributed by atoms with E-state index < -0.39 is 0 Å². The molecule has 43 heavy (non-hydrogen) atoms. The molecule has 0 aliphatic carbocycles. The normalized spacial score (nSPS) is 12.9. The van der Waals surface area contributed by atoms with Crippen LogP contribution in [-0.2, 0) is 9.47 Å². The van der Waals surface area contributed by atoms with Crippen LogP contribution in [0.3, 0.4) is 0 Å². The van der Waals surface area contributed by atoms with Crippen molar-refractivity contribution >= 4 is 0 Å². The fourth-order valence-corrected chi connectivity index (χ4v) is 5.58. The van der Waals surface area contributed by atoms with Gasteiger partial charge in [-0.3, -0.25) is 0 Å². The van der Waals surface area contributed by atoms with E-state index >= 15 is 0 Å². The molecule has 0 unspecified atom stereocenters. The van der Waals surface area contributed by atoms with Crippen molar-refractivity contribution in [3.05, 3.63) is 24.3 Å². The molecule has 0 saturated carbocycles. The molecular formula is C40H79NO2. The summed E-state index contributed by atoms with van der Waals surface area (Å²) in [6.45, 7) is 7.08. The van der Waals surface area contributed by atoms with Crippen LogP contribution >= 0.6 is 0 Å². The Bertz CT molecular complexity index is 515. The summed E-state index contributed by atoms with van der Waals surface area (Å²) < 4.78 is 12.2. The Labute approximate surface area is 272 Å². The summed E-state index contributed by atoms with van der Waals surface area (Å²) in [5.41, 5.74) is 0. The van der Waals surface area contributed by atoms with Gasteiger partial charge in [-0.25, -0.2) is 0 Å². The number of likely N-dealkylation sites (N-methyl/N-ethyl adjacent to an activating group) is 1. The van der Waals surface area contributed by atoms with Crippen molar-refractivity contribution in [2.75, 3.05) is 33.9 Å². The highest BCUT2D eigenvalue weighted by atomic mass is 16.7. The second-order valence-electron chi connectivity index (χ2n) is 13.3. The van der Waals surface area contributed by atoms with E-state index in [1.807, 2.05) is 0 Å². The van der Waals surface area contributed by atoms with Crippen molar-refractivity contribution < 1.29 is 9.47 Å². The Balaban J connectivity index is 3.53. The first-order valence-corrected chi connectivity index (χ1v) is 19.4. The van der Waals surface area contributed by atoms with E-state index in [1.54, 1.807) is 0 Å². The second-order valence-corrected chi connectivity index (χ2v) is 13.3. The lowest BCUT2D eigenvalue weighted by Gasteiger charge is -2.22. The minimum atomic E-state index is -0.0822. The summed E-state index contributed by atoms with van der Waals surface area (Å²) in [6, 6.07) is 0. The quantitative estimate of drug-likeness (QED) is 0.0403. The van der Waals surface area contributed by atoms with Gasteiger partial charge >= 0.3 is 0 Å². The molecule has 0 rings (SSSR count). The van der Waals surface area contributed by atoms with Crippen molar-refractivity contribution in [2.24, 2.45) is 0 Å². The molecule has 0 aliphatic rings. The van der Waals surface area contributed by atoms with E-state index in [4.69, 9.17) is 9.47 Å². The zero-order valence-electron chi connectivity index (χ0n) is 30.1. The van der Waals surface area contributed by atoms with Gasteiger partial charge in [0.1, 0.15) is 0 Å². The molecule has 0 aromatic rings. The first-order valence-electron chi connectivity index (χ1n) is 19.4. The molecule has 3 heteroatoms. The SMILES string of the molecule is CCCCCCCCC=CCCCCCCCCOC(CN(C)C)OCCCCCCCCC=CCCCCCCCC. The summed E-state index contributed by atoms with van der Waals surface area (Å²) in [5, 5.41) is 0. The molecule has 0 aliphatic heterocycles. The average molecular weight is 606 g/mol. The van der Waals surface area contributed by atoms with E-state index in [1.165, 1.54) is 167 Å². The summed E-state index contributed by atoms with van der Waals surface area (Å²) >= 11 is 0. The van der Waals surface area contributed by atoms with E-state index in [0.29, 0.717) is 0 Å². The van der Waals surface area contributed by atoms with Crippen LogP contribution in [0.5, 0.6) is 0 Å². The van der Waals surface area contributed by atoms with Crippen LogP contribution in [0.2, 0.25) is 0 Å². The maximum atomic E-state index is 6.12. The van der Waals surface area contributed by atoms with Gasteiger partial charge < -0.3 is 14.4 Å². The highest BCUT2D eigenvalue weighted by molar-refractivity contribution is 4.82. The van der Waals surface area contributed by atoms with Crippen LogP contribution in [-0.4, -0.2) is 45.0 Å². The largest absolute Gasteiger partial charge is 0.351 e. The van der Waals surface area contributed by atoms with Crippen molar-refractivity contribution in [3.63, 3.8) is 0 Å². The van der Waals surface area contributed by atoms with Crippen LogP contribution in [0.15, 0.2) is 24.3 Å². The first kappa shape index (κ1) is 42.4. The number of allylic oxidation sites excluding steroid dienone is 4. The molecule has 0 fully saturated rings. The third-order valence-electron chi connectivity index (χ3n) is 8.43. The molecular weight excluding hydrogens is 526 g/mol. The van der Waals surface area contributed by atoms with Crippen molar-refractivity contribution in [1.82, 2.24) is 4.90 Å². The van der Waals surface area contributed by atoms with E-state index in [-0.39, 0.29) is 6.29 Å². The highest BCUT2D eigenvalue weighted by Crippen LogP contribution is 2.12. The monoisotopic (exact) mass is 606 g/mol. The number of rotatable bonds is 36. The molecule has 0 heterocycles. The number of hydrogen-bond acceptors (Lipinski definition) is 3. The topological polar surface area (TPSA) is 21.7 Å². The Kier molecular flexibility index (Phi) is 37.0. The van der Waals surface area contributed by atoms with Crippen molar-refractivity contribution in [2.45, 2.75) is 200 Å². The zero-order valence-corrected chi connectivity index (χ0v) is 30.1. The molecule has 0 atom stereocenters. The van der Waals surface area contributed by atoms with Crippen LogP contribution in [0.4, 0.5) is 0 Å². The maximum Gasteiger partial charge on any atom is 0.170 e. The predicted octanol–water partition coefficient (Wildman–Crippen LogP) is 13.0. The van der Waals surface area contributed by atoms with Crippen molar-refractivity contribution in [3.8, 4) is 0 Å². The van der Waals surface area contributed by atoms with Crippen LogP contribution in [0.1, 0.15) is 194 Å². The van der Waals surface area contributed by atoms with Gasteiger partial charge in [0, 0.05) is 19.8 Å². The first-order chi connectivity index (χ1) is 21.2. The zero-order chi connectivity index (χ0) is 31.3. The van der Waals surface area contributed by atoms with Crippen LogP contribution < -0.4 is 0 Å². The summed E-state index contributed by atoms with van der Waals surface area (Å²) in [7, 11) is 4.21. The second kappa shape index (κ2) is 37.5. The average Bonchev–Trinajstić information content (AvgIpc) is 2.99. The van der Waals surface area contributed by atoms with Gasteiger partial charge in [-0.2, -0.15) is 0 Å². The number of ether oxygens (including phenoxy) is 2. The van der Waals surface area contributed by atoms with Gasteiger partial charge in [0.15, 0.2) is 6.29 Å². The minimum Gasteiger partial charge on any atom is -0.351 e. The molecule has 0 saturated heterocycles. The lowest BCUT2D eigenvalue weighted by Crippen LogP contribution is -2.31. The minimum absolute atomic E-state index is 0.0822. The van der Waals surface area contributed by atoms with E-state index in [9.17, 15) is 0 Å². The van der Waals surface area contributed by atoms with Gasteiger partial charge in [0.05, 0.1) is 0 Å². The molecule has 0 amide bonds. The van der Waals surface area contributed by atoms with E-state index in [2.05, 4.69) is 57.1 Å². The van der Waals surface area contributed by atoms with Gasteiger partial charge in [-0.05, 0) is 78.3 Å². The lowest BCUT2D eigenvalue weighted by atomic mass is 10.1. The molecule has 0 radical (unpaired) electrons. The molecule has 0 bridgehead atoms. The Hall–Kier alpha value is -0.640. The smallest absolute Gasteiger partial charge is 0.170 e. The fourth-order valence-electron chi connectivity index (χ4n) is 5.58. The molecule has 0 N–H and O–H groups in total. The maximum absolute atomic E-state index is 6.12. The Morgan fingerprint density at radius 2 is 0.674 bits per heavy atom. The third kappa shape index (κ3) is 37.5. The number of hydrogen-bond donors (Lipinski definition) is 0. The van der Waals surface area contributed by atoms with Gasteiger partial charge in [-0.1, -0.05) is 154 Å². The van der Waals surface area contributed by atoms with Crippen LogP contribution in [0.25, 0.3) is 0 Å². The predicted molar refractivity (Wildman–Crippen MR) is 193 cm³/mol. The Morgan fingerprint density at radius 1 is 0.395 bits per heavy atom. The Morgan fingerprint density at radius 3 is 0.977 bits per heavy atom. The third-order valence-corrected chi connectivity index (χ3v) is 8.43. The van der Waals surface area contributed by atoms with Gasteiger partial charge in [-0.15, -0.1) is 0 Å². The molecule has 0 aromatic carbocycles. The molecule has 3 nitrogen and oxygen atoms in total. The van der Waals surface area contributed by atoms with E-state index in [0.717, 1.165) is 32.6 Å². The highest BCUT2D eigenvalue weighted by Gasteiger charge is 2.10.